The van der Waals surface area contributed by atoms with Gasteiger partial charge in [0.25, 0.3) is 5.56 Å². The fourth-order valence-electron chi connectivity index (χ4n) is 3.08. The van der Waals surface area contributed by atoms with Gasteiger partial charge in [-0.15, -0.1) is 0 Å². The standard InChI is InChI=1S/C20H22ClN3O3/c1-4-16(18(25)22-10-9-14-5-7-15(21)8-6-14)24-11-23-19-17(20(24)26)12(2)13(3)27-19/h5-8,11,16H,4,9-10H2,1-3H3,(H,22,25). The molecule has 2 aromatic heterocycles. The van der Waals surface area contributed by atoms with Crippen LogP contribution in [0.2, 0.25) is 5.02 Å². The van der Waals surface area contributed by atoms with E-state index >= 15 is 0 Å². The average Bonchev–Trinajstić information content (AvgIpc) is 2.94. The summed E-state index contributed by atoms with van der Waals surface area (Å²) >= 11 is 5.88. The molecule has 0 saturated heterocycles. The van der Waals surface area contributed by atoms with Gasteiger partial charge in [0.15, 0.2) is 0 Å². The van der Waals surface area contributed by atoms with E-state index in [9.17, 15) is 9.59 Å². The number of hydrogen-bond donors (Lipinski definition) is 1. The molecule has 1 atom stereocenters. The van der Waals surface area contributed by atoms with E-state index in [0.29, 0.717) is 41.3 Å². The Hall–Kier alpha value is -2.60. The van der Waals surface area contributed by atoms with Crippen LogP contribution in [0.1, 0.15) is 36.3 Å². The van der Waals surface area contributed by atoms with Crippen molar-refractivity contribution in [2.24, 2.45) is 0 Å². The summed E-state index contributed by atoms with van der Waals surface area (Å²) in [7, 11) is 0. The summed E-state index contributed by atoms with van der Waals surface area (Å²) in [5, 5.41) is 4.02. The minimum Gasteiger partial charge on any atom is -0.443 e. The molecule has 3 aromatic rings. The third kappa shape index (κ3) is 3.90. The lowest BCUT2D eigenvalue weighted by atomic mass is 10.1. The fraction of sp³-hybridized carbons (Fsp3) is 0.350. The Morgan fingerprint density at radius 3 is 2.67 bits per heavy atom. The van der Waals surface area contributed by atoms with Gasteiger partial charge in [-0.05, 0) is 44.4 Å². The topological polar surface area (TPSA) is 77.1 Å². The van der Waals surface area contributed by atoms with E-state index in [1.54, 1.807) is 6.92 Å². The number of aryl methyl sites for hydroxylation is 2. The molecule has 6 nitrogen and oxygen atoms in total. The van der Waals surface area contributed by atoms with Crippen molar-refractivity contribution in [3.63, 3.8) is 0 Å². The summed E-state index contributed by atoms with van der Waals surface area (Å²) in [6.07, 6.45) is 2.56. The van der Waals surface area contributed by atoms with E-state index in [1.165, 1.54) is 10.9 Å². The van der Waals surface area contributed by atoms with Gasteiger partial charge in [-0.3, -0.25) is 14.2 Å². The van der Waals surface area contributed by atoms with Crippen molar-refractivity contribution in [2.45, 2.75) is 39.7 Å². The minimum absolute atomic E-state index is 0.201. The highest BCUT2D eigenvalue weighted by Gasteiger charge is 2.22. The number of fused-ring (bicyclic) bond motifs is 1. The monoisotopic (exact) mass is 387 g/mol. The van der Waals surface area contributed by atoms with Gasteiger partial charge in [0.05, 0.1) is 0 Å². The molecule has 0 aliphatic rings. The van der Waals surface area contributed by atoms with E-state index in [2.05, 4.69) is 10.3 Å². The quantitative estimate of drug-likeness (QED) is 0.701. The van der Waals surface area contributed by atoms with Gasteiger partial charge in [0.1, 0.15) is 23.5 Å². The van der Waals surface area contributed by atoms with Crippen molar-refractivity contribution in [1.29, 1.82) is 0 Å². The smallest absolute Gasteiger partial charge is 0.265 e. The molecule has 0 bridgehead atoms. The summed E-state index contributed by atoms with van der Waals surface area (Å²) in [5.41, 5.74) is 1.89. The third-order valence-electron chi connectivity index (χ3n) is 4.77. The van der Waals surface area contributed by atoms with E-state index in [0.717, 1.165) is 11.1 Å². The van der Waals surface area contributed by atoms with E-state index in [-0.39, 0.29) is 11.5 Å². The number of rotatable bonds is 6. The largest absolute Gasteiger partial charge is 0.443 e. The van der Waals surface area contributed by atoms with Crippen LogP contribution in [0.3, 0.4) is 0 Å². The molecule has 7 heteroatoms. The second-order valence-electron chi connectivity index (χ2n) is 6.51. The van der Waals surface area contributed by atoms with E-state index in [1.807, 2.05) is 38.1 Å². The third-order valence-corrected chi connectivity index (χ3v) is 5.02. The van der Waals surface area contributed by atoms with Crippen LogP contribution in [-0.2, 0) is 11.2 Å². The molecule has 0 saturated carbocycles. The summed E-state index contributed by atoms with van der Waals surface area (Å²) in [6, 6.07) is 6.89. The molecule has 1 amide bonds. The number of hydrogen-bond acceptors (Lipinski definition) is 4. The number of aromatic nitrogens is 2. The van der Waals surface area contributed by atoms with Crippen LogP contribution < -0.4 is 10.9 Å². The van der Waals surface area contributed by atoms with E-state index in [4.69, 9.17) is 16.0 Å². The molecule has 1 N–H and O–H groups in total. The molecule has 3 rings (SSSR count). The lowest BCUT2D eigenvalue weighted by molar-refractivity contribution is -0.124. The predicted octanol–water partition coefficient (Wildman–Crippen LogP) is 3.57. The Morgan fingerprint density at radius 2 is 2.00 bits per heavy atom. The van der Waals surface area contributed by atoms with Crippen LogP contribution in [0.25, 0.3) is 11.1 Å². The second-order valence-corrected chi connectivity index (χ2v) is 6.95. The predicted molar refractivity (Wildman–Crippen MR) is 105 cm³/mol. The van der Waals surface area contributed by atoms with Crippen LogP contribution in [0, 0.1) is 13.8 Å². The molecular formula is C20H22ClN3O3. The molecule has 142 valence electrons. The normalized spacial score (nSPS) is 12.3. The Bertz CT molecular complexity index is 1020. The first-order valence-electron chi connectivity index (χ1n) is 8.91. The van der Waals surface area contributed by atoms with Crippen molar-refractivity contribution in [2.75, 3.05) is 6.54 Å². The Kier molecular flexibility index (Phi) is 5.65. The molecule has 27 heavy (non-hydrogen) atoms. The molecule has 0 aliphatic heterocycles. The average molecular weight is 388 g/mol. The molecular weight excluding hydrogens is 366 g/mol. The maximum atomic E-state index is 12.9. The van der Waals surface area contributed by atoms with Crippen LogP contribution >= 0.6 is 11.6 Å². The molecule has 2 heterocycles. The van der Waals surface area contributed by atoms with Crippen molar-refractivity contribution in [1.82, 2.24) is 14.9 Å². The zero-order valence-electron chi connectivity index (χ0n) is 15.6. The summed E-state index contributed by atoms with van der Waals surface area (Å²) < 4.78 is 6.89. The molecule has 0 fully saturated rings. The van der Waals surface area contributed by atoms with Crippen molar-refractivity contribution in [3.8, 4) is 0 Å². The van der Waals surface area contributed by atoms with Gasteiger partial charge in [0.2, 0.25) is 11.6 Å². The number of benzene rings is 1. The Morgan fingerprint density at radius 1 is 1.30 bits per heavy atom. The van der Waals surface area contributed by atoms with Crippen LogP contribution in [-0.4, -0.2) is 22.0 Å². The van der Waals surface area contributed by atoms with Gasteiger partial charge in [0, 0.05) is 17.1 Å². The van der Waals surface area contributed by atoms with Gasteiger partial charge in [-0.25, -0.2) is 4.98 Å². The highest BCUT2D eigenvalue weighted by atomic mass is 35.5. The number of nitrogens with one attached hydrogen (secondary N) is 1. The van der Waals surface area contributed by atoms with E-state index < -0.39 is 6.04 Å². The minimum atomic E-state index is -0.616. The Balaban J connectivity index is 1.76. The molecule has 0 radical (unpaired) electrons. The van der Waals surface area contributed by atoms with Crippen LogP contribution in [0.5, 0.6) is 0 Å². The highest BCUT2D eigenvalue weighted by Crippen LogP contribution is 2.20. The molecule has 0 aliphatic carbocycles. The molecule has 1 aromatic carbocycles. The highest BCUT2D eigenvalue weighted by molar-refractivity contribution is 6.30. The van der Waals surface area contributed by atoms with Crippen molar-refractivity contribution < 1.29 is 9.21 Å². The number of furan rings is 1. The van der Waals surface area contributed by atoms with Gasteiger partial charge in [-0.1, -0.05) is 30.7 Å². The summed E-state index contributed by atoms with van der Waals surface area (Å²) in [5.74, 6) is 0.459. The SMILES string of the molecule is CCC(C(=O)NCCc1ccc(Cl)cc1)n1cnc2oc(C)c(C)c2c1=O. The first-order chi connectivity index (χ1) is 12.9. The number of halogens is 1. The number of carbonyl (C=O) groups excluding carboxylic acids is 1. The summed E-state index contributed by atoms with van der Waals surface area (Å²) in [6.45, 7) is 5.96. The second kappa shape index (κ2) is 7.96. The first-order valence-corrected chi connectivity index (χ1v) is 9.29. The fourth-order valence-corrected chi connectivity index (χ4v) is 3.20. The van der Waals surface area contributed by atoms with Gasteiger partial charge < -0.3 is 9.73 Å². The molecule has 1 unspecified atom stereocenters. The number of nitrogens with zero attached hydrogens (tertiary/aromatic N) is 2. The lowest BCUT2D eigenvalue weighted by Crippen LogP contribution is -2.38. The van der Waals surface area contributed by atoms with Gasteiger partial charge >= 0.3 is 0 Å². The lowest BCUT2D eigenvalue weighted by Gasteiger charge is -2.17. The van der Waals surface area contributed by atoms with Gasteiger partial charge in [-0.2, -0.15) is 0 Å². The maximum Gasteiger partial charge on any atom is 0.265 e. The zero-order chi connectivity index (χ0) is 19.6. The van der Waals surface area contributed by atoms with Crippen molar-refractivity contribution in [3.05, 3.63) is 62.9 Å². The van der Waals surface area contributed by atoms with Crippen LogP contribution in [0.15, 0.2) is 39.8 Å². The first kappa shape index (κ1) is 19.2. The summed E-state index contributed by atoms with van der Waals surface area (Å²) in [4.78, 5) is 29.7. The maximum absolute atomic E-state index is 12.9. The number of carbonyl (C=O) groups is 1. The van der Waals surface area contributed by atoms with Crippen LogP contribution in [0.4, 0.5) is 0 Å². The Labute approximate surface area is 162 Å². The number of amides is 1. The zero-order valence-corrected chi connectivity index (χ0v) is 16.3. The molecule has 0 spiro atoms. The van der Waals surface area contributed by atoms with Crippen molar-refractivity contribution >= 4 is 28.6 Å².